The lowest BCUT2D eigenvalue weighted by Crippen LogP contribution is -1.96. The summed E-state index contributed by atoms with van der Waals surface area (Å²) in [6.07, 6.45) is 11.7. The summed E-state index contributed by atoms with van der Waals surface area (Å²) < 4.78 is 0. The molecule has 19 heavy (non-hydrogen) atoms. The molecule has 1 aliphatic rings. The first-order valence-electron chi connectivity index (χ1n) is 7.08. The Kier molecular flexibility index (Phi) is 5.52. The molecule has 0 atom stereocenters. The first-order chi connectivity index (χ1) is 9.27. The van der Waals surface area contributed by atoms with Crippen LogP contribution in [0.2, 0.25) is 0 Å². The van der Waals surface area contributed by atoms with Crippen LogP contribution < -0.4 is 0 Å². The smallest absolute Gasteiger partial charge is 0.172 e. The van der Waals surface area contributed by atoms with E-state index in [1.807, 2.05) is 12.1 Å². The van der Waals surface area contributed by atoms with Crippen molar-refractivity contribution >= 4 is 22.9 Å². The number of Topliss-reactive ketones (excluding diaryl/α,β-unsaturated/α-hetero) is 2. The molecule has 2 nitrogen and oxygen atoms in total. The Morgan fingerprint density at radius 3 is 1.68 bits per heavy atom. The molecule has 0 unspecified atom stereocenters. The fourth-order valence-electron chi connectivity index (χ4n) is 2.22. The summed E-state index contributed by atoms with van der Waals surface area (Å²) in [7, 11) is 0. The van der Waals surface area contributed by atoms with Crippen LogP contribution in [0.4, 0.5) is 0 Å². The Labute approximate surface area is 118 Å². The molecule has 0 radical (unpaired) electrons. The van der Waals surface area contributed by atoms with Gasteiger partial charge in [0.25, 0.3) is 0 Å². The Balaban J connectivity index is 2.04. The lowest BCUT2D eigenvalue weighted by Gasteiger charge is -1.97. The zero-order chi connectivity index (χ0) is 13.5. The lowest BCUT2D eigenvalue weighted by atomic mass is 10.1. The standard InChI is InChI=1S/C16H20O2S/c17-13-9-7-5-3-1-2-4-6-8-10-14(18)16-12-11-15(13)19-16/h1-2,11-12H,3-10H2/b2-1+. The highest BCUT2D eigenvalue weighted by Crippen LogP contribution is 2.22. The summed E-state index contributed by atoms with van der Waals surface area (Å²) in [4.78, 5) is 25.4. The van der Waals surface area contributed by atoms with Crippen molar-refractivity contribution in [1.29, 1.82) is 0 Å². The summed E-state index contributed by atoms with van der Waals surface area (Å²) in [6, 6.07) is 3.62. The predicted octanol–water partition coefficient (Wildman–Crippen LogP) is 4.80. The van der Waals surface area contributed by atoms with Gasteiger partial charge in [-0.05, 0) is 50.7 Å². The van der Waals surface area contributed by atoms with Gasteiger partial charge in [0.05, 0.1) is 9.75 Å². The molecule has 0 aromatic carbocycles. The van der Waals surface area contributed by atoms with Gasteiger partial charge in [0.1, 0.15) is 0 Å². The van der Waals surface area contributed by atoms with Crippen LogP contribution in [0.5, 0.6) is 0 Å². The summed E-state index contributed by atoms with van der Waals surface area (Å²) in [5.41, 5.74) is 0. The van der Waals surface area contributed by atoms with E-state index in [0.29, 0.717) is 12.8 Å². The van der Waals surface area contributed by atoms with Crippen LogP contribution in [0.25, 0.3) is 0 Å². The van der Waals surface area contributed by atoms with E-state index in [9.17, 15) is 9.59 Å². The van der Waals surface area contributed by atoms with E-state index in [4.69, 9.17) is 0 Å². The molecule has 1 aliphatic heterocycles. The fraction of sp³-hybridized carbons (Fsp3) is 0.500. The maximum Gasteiger partial charge on any atom is 0.172 e. The third-order valence-corrected chi connectivity index (χ3v) is 4.54. The molecule has 2 heterocycles. The molecule has 2 bridgehead atoms. The van der Waals surface area contributed by atoms with Crippen LogP contribution >= 0.6 is 11.3 Å². The summed E-state index contributed by atoms with van der Waals surface area (Å²) in [5, 5.41) is 0. The minimum atomic E-state index is 0.183. The van der Waals surface area contributed by atoms with E-state index in [1.54, 1.807) is 0 Å². The number of allylic oxidation sites excluding steroid dienone is 2. The predicted molar refractivity (Wildman–Crippen MR) is 79.1 cm³/mol. The molecule has 1 aromatic heterocycles. The molecule has 0 N–H and O–H groups in total. The summed E-state index contributed by atoms with van der Waals surface area (Å²) in [5.74, 6) is 0.366. The molecule has 102 valence electrons. The van der Waals surface area contributed by atoms with Gasteiger partial charge in [0.2, 0.25) is 0 Å². The van der Waals surface area contributed by atoms with Crippen molar-refractivity contribution in [3.8, 4) is 0 Å². The van der Waals surface area contributed by atoms with Crippen molar-refractivity contribution in [2.24, 2.45) is 0 Å². The van der Waals surface area contributed by atoms with Crippen LogP contribution in [0, 0.1) is 0 Å². The minimum Gasteiger partial charge on any atom is -0.293 e. The number of hydrogen-bond acceptors (Lipinski definition) is 3. The Bertz CT molecular complexity index is 430. The monoisotopic (exact) mass is 276 g/mol. The van der Waals surface area contributed by atoms with Crippen molar-refractivity contribution in [2.75, 3.05) is 0 Å². The molecule has 0 saturated heterocycles. The van der Waals surface area contributed by atoms with Crippen LogP contribution in [0.1, 0.15) is 70.7 Å². The average molecular weight is 276 g/mol. The quantitative estimate of drug-likeness (QED) is 0.638. The van der Waals surface area contributed by atoms with Gasteiger partial charge in [0, 0.05) is 12.8 Å². The topological polar surface area (TPSA) is 34.1 Å². The van der Waals surface area contributed by atoms with Crippen molar-refractivity contribution in [3.05, 3.63) is 34.0 Å². The largest absolute Gasteiger partial charge is 0.293 e. The van der Waals surface area contributed by atoms with E-state index < -0.39 is 0 Å². The van der Waals surface area contributed by atoms with Gasteiger partial charge >= 0.3 is 0 Å². The van der Waals surface area contributed by atoms with Crippen LogP contribution in [-0.4, -0.2) is 11.6 Å². The molecular weight excluding hydrogens is 256 g/mol. The van der Waals surface area contributed by atoms with E-state index in [2.05, 4.69) is 12.2 Å². The maximum absolute atomic E-state index is 12.0. The number of carbonyl (C=O) groups excluding carboxylic acids is 2. The van der Waals surface area contributed by atoms with Gasteiger partial charge in [-0.3, -0.25) is 9.59 Å². The number of ketones is 2. The third-order valence-electron chi connectivity index (χ3n) is 3.37. The van der Waals surface area contributed by atoms with E-state index in [-0.39, 0.29) is 11.6 Å². The third kappa shape index (κ3) is 4.43. The molecule has 0 aliphatic carbocycles. The van der Waals surface area contributed by atoms with Crippen molar-refractivity contribution in [3.63, 3.8) is 0 Å². The van der Waals surface area contributed by atoms with Gasteiger partial charge in [-0.2, -0.15) is 0 Å². The fourth-order valence-corrected chi connectivity index (χ4v) is 3.16. The SMILES string of the molecule is O=C1CCCC/C=C/CCCCC(=O)c2ccc1s2. The number of rotatable bonds is 0. The normalized spacial score (nSPS) is 20.6. The highest BCUT2D eigenvalue weighted by Gasteiger charge is 2.13. The van der Waals surface area contributed by atoms with Gasteiger partial charge in [-0.15, -0.1) is 11.3 Å². The molecule has 0 fully saturated rings. The van der Waals surface area contributed by atoms with E-state index in [0.717, 1.165) is 48.3 Å². The summed E-state index contributed by atoms with van der Waals surface area (Å²) in [6.45, 7) is 0. The molecule has 0 amide bonds. The molecule has 0 saturated carbocycles. The van der Waals surface area contributed by atoms with Crippen LogP contribution in [0.15, 0.2) is 24.3 Å². The Morgan fingerprint density at radius 2 is 1.21 bits per heavy atom. The highest BCUT2D eigenvalue weighted by atomic mass is 32.1. The van der Waals surface area contributed by atoms with Gasteiger partial charge in [0.15, 0.2) is 11.6 Å². The second-order valence-corrected chi connectivity index (χ2v) is 6.06. The maximum atomic E-state index is 12.0. The average Bonchev–Trinajstić information content (AvgIpc) is 2.89. The second kappa shape index (κ2) is 7.39. The number of hydrogen-bond donors (Lipinski definition) is 0. The Hall–Kier alpha value is -1.22. The van der Waals surface area contributed by atoms with Crippen LogP contribution in [-0.2, 0) is 0 Å². The number of fused-ring (bicyclic) bond motifs is 2. The van der Waals surface area contributed by atoms with Gasteiger partial charge < -0.3 is 0 Å². The van der Waals surface area contributed by atoms with Crippen LogP contribution in [0.3, 0.4) is 0 Å². The molecule has 1 aromatic rings. The zero-order valence-corrected chi connectivity index (χ0v) is 12.0. The molecular formula is C16H20O2S. The number of thiophene rings is 1. The van der Waals surface area contributed by atoms with E-state index >= 15 is 0 Å². The first kappa shape index (κ1) is 14.2. The van der Waals surface area contributed by atoms with Gasteiger partial charge in [-0.25, -0.2) is 0 Å². The number of carbonyl (C=O) groups is 2. The van der Waals surface area contributed by atoms with Crippen molar-refractivity contribution in [1.82, 2.24) is 0 Å². The van der Waals surface area contributed by atoms with Crippen molar-refractivity contribution in [2.45, 2.75) is 51.4 Å². The zero-order valence-electron chi connectivity index (χ0n) is 11.2. The van der Waals surface area contributed by atoms with Gasteiger partial charge in [-0.1, -0.05) is 12.2 Å². The van der Waals surface area contributed by atoms with E-state index in [1.165, 1.54) is 11.3 Å². The van der Waals surface area contributed by atoms with Crippen molar-refractivity contribution < 1.29 is 9.59 Å². The first-order valence-corrected chi connectivity index (χ1v) is 7.90. The minimum absolute atomic E-state index is 0.183. The second-order valence-electron chi connectivity index (χ2n) is 4.97. The lowest BCUT2D eigenvalue weighted by molar-refractivity contribution is 0.0976. The molecule has 0 spiro atoms. The highest BCUT2D eigenvalue weighted by molar-refractivity contribution is 7.16. The Morgan fingerprint density at radius 1 is 0.737 bits per heavy atom. The molecule has 3 heteroatoms. The summed E-state index contributed by atoms with van der Waals surface area (Å²) >= 11 is 1.37. The molecule has 2 rings (SSSR count).